The number of halogens is 4. The summed E-state index contributed by atoms with van der Waals surface area (Å²) in [5, 5.41) is 3.85. The maximum atomic E-state index is 12.8. The van der Waals surface area contributed by atoms with Crippen LogP contribution in [0, 0.1) is 0 Å². The fourth-order valence-electron chi connectivity index (χ4n) is 2.28. The van der Waals surface area contributed by atoms with Gasteiger partial charge in [0.05, 0.1) is 28.2 Å². The van der Waals surface area contributed by atoms with Crippen LogP contribution in [0.5, 0.6) is 0 Å². The molecule has 1 amide bonds. The first kappa shape index (κ1) is 23.3. The highest BCUT2D eigenvalue weighted by molar-refractivity contribution is 7.99. The molecular weight excluding hydrogens is 497 g/mol. The van der Waals surface area contributed by atoms with Crippen molar-refractivity contribution < 1.29 is 26.4 Å². The second kappa shape index (κ2) is 9.02. The van der Waals surface area contributed by atoms with Gasteiger partial charge in [-0.25, -0.2) is 18.4 Å². The van der Waals surface area contributed by atoms with Gasteiger partial charge in [0.15, 0.2) is 5.16 Å². The van der Waals surface area contributed by atoms with Gasteiger partial charge >= 0.3 is 6.18 Å². The average Bonchev–Trinajstić information content (AvgIpc) is 3.23. The Morgan fingerprint density at radius 3 is 2.65 bits per heavy atom. The summed E-state index contributed by atoms with van der Waals surface area (Å²) in [7, 11) is -3.86. The Morgan fingerprint density at radius 2 is 2.03 bits per heavy atom. The lowest BCUT2D eigenvalue weighted by atomic mass is 10.2. The summed E-state index contributed by atoms with van der Waals surface area (Å²) in [4.78, 5) is 19.6. The number of nitrogens with two attached hydrogens (primary N) is 1. The van der Waals surface area contributed by atoms with E-state index in [-0.39, 0.29) is 36.5 Å². The molecule has 0 aliphatic carbocycles. The molecule has 2 heterocycles. The van der Waals surface area contributed by atoms with Gasteiger partial charge in [-0.3, -0.25) is 4.79 Å². The number of anilines is 2. The molecule has 0 saturated carbocycles. The van der Waals surface area contributed by atoms with Crippen LogP contribution in [0.25, 0.3) is 0 Å². The van der Waals surface area contributed by atoms with Gasteiger partial charge in [0, 0.05) is 0 Å². The van der Waals surface area contributed by atoms with E-state index in [1.54, 1.807) is 11.4 Å². The molecule has 1 aromatic carbocycles. The van der Waals surface area contributed by atoms with Gasteiger partial charge in [0.25, 0.3) is 0 Å². The van der Waals surface area contributed by atoms with Crippen molar-refractivity contribution in [3.8, 4) is 0 Å². The smallest absolute Gasteiger partial charge is 0.382 e. The molecule has 0 aliphatic heterocycles. The van der Waals surface area contributed by atoms with Crippen molar-refractivity contribution in [3.05, 3.63) is 52.5 Å². The van der Waals surface area contributed by atoms with Crippen LogP contribution in [0.3, 0.4) is 0 Å². The molecule has 0 radical (unpaired) electrons. The SMILES string of the molecule is Nc1nc(SCC(=O)Nc2cc(C(F)(F)F)ccc2Cl)ncc1S(=O)(=O)c1cccs1. The Bertz CT molecular complexity index is 1220. The zero-order valence-electron chi connectivity index (χ0n) is 15.2. The predicted molar refractivity (Wildman–Crippen MR) is 112 cm³/mol. The van der Waals surface area contributed by atoms with Crippen molar-refractivity contribution >= 4 is 61.9 Å². The van der Waals surface area contributed by atoms with Gasteiger partial charge in [-0.15, -0.1) is 11.3 Å². The molecule has 31 heavy (non-hydrogen) atoms. The summed E-state index contributed by atoms with van der Waals surface area (Å²) in [5.74, 6) is -1.22. The lowest BCUT2D eigenvalue weighted by Crippen LogP contribution is -2.16. The van der Waals surface area contributed by atoms with E-state index in [1.807, 2.05) is 0 Å². The number of rotatable bonds is 6. The third kappa shape index (κ3) is 5.47. The Morgan fingerprint density at radius 1 is 1.29 bits per heavy atom. The lowest BCUT2D eigenvalue weighted by Gasteiger charge is -2.11. The number of aromatic nitrogens is 2. The van der Waals surface area contributed by atoms with E-state index in [0.717, 1.165) is 47.5 Å². The monoisotopic (exact) mass is 508 g/mol. The predicted octanol–water partition coefficient (Wildman–Crippen LogP) is 4.36. The third-order valence-corrected chi connectivity index (χ3v) is 8.07. The van der Waals surface area contributed by atoms with E-state index in [0.29, 0.717) is 0 Å². The summed E-state index contributed by atoms with van der Waals surface area (Å²) in [6.07, 6.45) is -3.54. The molecule has 0 unspecified atom stereocenters. The fraction of sp³-hybridized carbons (Fsp3) is 0.118. The summed E-state index contributed by atoms with van der Waals surface area (Å²) in [5.41, 5.74) is 4.60. The first-order valence-corrected chi connectivity index (χ1v) is 11.9. The second-order valence-corrected chi connectivity index (χ2v) is 10.3. The number of carbonyl (C=O) groups is 1. The van der Waals surface area contributed by atoms with E-state index < -0.39 is 27.5 Å². The molecule has 164 valence electrons. The minimum absolute atomic E-state index is 0.0212. The molecule has 0 bridgehead atoms. The van der Waals surface area contributed by atoms with Crippen molar-refractivity contribution in [2.45, 2.75) is 20.4 Å². The van der Waals surface area contributed by atoms with E-state index in [4.69, 9.17) is 17.3 Å². The molecule has 14 heteroatoms. The average molecular weight is 509 g/mol. The summed E-state index contributed by atoms with van der Waals surface area (Å²) in [6, 6.07) is 5.56. The van der Waals surface area contributed by atoms with E-state index in [9.17, 15) is 26.4 Å². The second-order valence-electron chi connectivity index (χ2n) is 5.87. The lowest BCUT2D eigenvalue weighted by molar-refractivity contribution is -0.137. The quantitative estimate of drug-likeness (QED) is 0.375. The maximum absolute atomic E-state index is 12.8. The van der Waals surface area contributed by atoms with Crippen molar-refractivity contribution in [2.24, 2.45) is 0 Å². The Balaban J connectivity index is 1.68. The molecule has 0 fully saturated rings. The Kier molecular flexibility index (Phi) is 6.79. The number of carbonyl (C=O) groups excluding carboxylic acids is 1. The highest BCUT2D eigenvalue weighted by atomic mass is 35.5. The maximum Gasteiger partial charge on any atom is 0.416 e. The van der Waals surface area contributed by atoms with Gasteiger partial charge in [0.2, 0.25) is 15.7 Å². The summed E-state index contributed by atoms with van der Waals surface area (Å²) < 4.78 is 63.6. The number of thiophene rings is 1. The number of hydrogen-bond acceptors (Lipinski definition) is 8. The first-order chi connectivity index (χ1) is 14.5. The number of thioether (sulfide) groups is 1. The summed E-state index contributed by atoms with van der Waals surface area (Å²) >= 11 is 7.69. The standard InChI is InChI=1S/C17H12ClF3N4O3S3/c18-10-4-3-9(17(19,20)21)6-11(10)24-13(26)8-30-16-23-7-12(15(22)25-16)31(27,28)14-2-1-5-29-14/h1-7H,8H2,(H,24,26)(H2,22,23,25). The van der Waals surface area contributed by atoms with Crippen LogP contribution < -0.4 is 11.1 Å². The highest BCUT2D eigenvalue weighted by Crippen LogP contribution is 2.34. The van der Waals surface area contributed by atoms with Crippen LogP contribution >= 0.6 is 34.7 Å². The van der Waals surface area contributed by atoms with Crippen LogP contribution in [0.15, 0.2) is 56.2 Å². The number of nitrogens with one attached hydrogen (secondary N) is 1. The molecule has 0 saturated heterocycles. The first-order valence-electron chi connectivity index (χ1n) is 8.19. The zero-order valence-corrected chi connectivity index (χ0v) is 18.4. The van der Waals surface area contributed by atoms with Crippen molar-refractivity contribution in [3.63, 3.8) is 0 Å². The molecule has 0 spiro atoms. The Labute approximate surface area is 187 Å². The number of sulfone groups is 1. The van der Waals surface area contributed by atoms with Crippen LogP contribution in [0.4, 0.5) is 24.7 Å². The van der Waals surface area contributed by atoms with Crippen LogP contribution in [-0.2, 0) is 20.8 Å². The van der Waals surface area contributed by atoms with Crippen molar-refractivity contribution in [1.29, 1.82) is 0 Å². The minimum atomic E-state index is -4.59. The number of amides is 1. The van der Waals surface area contributed by atoms with Gasteiger partial charge in [-0.2, -0.15) is 13.2 Å². The third-order valence-electron chi connectivity index (χ3n) is 3.71. The molecule has 0 atom stereocenters. The number of nitrogen functional groups attached to an aromatic ring is 1. The largest absolute Gasteiger partial charge is 0.416 e. The number of hydrogen-bond donors (Lipinski definition) is 2. The molecule has 0 aliphatic rings. The summed E-state index contributed by atoms with van der Waals surface area (Å²) in [6.45, 7) is 0. The van der Waals surface area contributed by atoms with Gasteiger partial charge in [-0.1, -0.05) is 29.4 Å². The highest BCUT2D eigenvalue weighted by Gasteiger charge is 2.31. The fourth-order valence-corrected chi connectivity index (χ4v) is 5.45. The van der Waals surface area contributed by atoms with Gasteiger partial charge in [-0.05, 0) is 29.6 Å². The zero-order chi connectivity index (χ0) is 22.8. The molecule has 2 aromatic heterocycles. The Hall–Kier alpha value is -2.35. The molecule has 3 rings (SSSR count). The van der Waals surface area contributed by atoms with Crippen LogP contribution in [0.1, 0.15) is 5.56 Å². The number of nitrogens with zero attached hydrogens (tertiary/aromatic N) is 2. The molecule has 3 N–H and O–H groups in total. The molecule has 7 nitrogen and oxygen atoms in total. The molecule has 3 aromatic rings. The van der Waals surface area contributed by atoms with Crippen LogP contribution in [0.2, 0.25) is 5.02 Å². The van der Waals surface area contributed by atoms with Gasteiger partial charge in [0.1, 0.15) is 14.9 Å². The van der Waals surface area contributed by atoms with Gasteiger partial charge < -0.3 is 11.1 Å². The van der Waals surface area contributed by atoms with E-state index in [1.165, 1.54) is 6.07 Å². The number of alkyl halides is 3. The van der Waals surface area contributed by atoms with E-state index in [2.05, 4.69) is 15.3 Å². The van der Waals surface area contributed by atoms with E-state index >= 15 is 0 Å². The van der Waals surface area contributed by atoms with Crippen molar-refractivity contribution in [2.75, 3.05) is 16.8 Å². The number of benzene rings is 1. The topological polar surface area (TPSA) is 115 Å². The normalized spacial score (nSPS) is 12.0. The molecular formula is C17H12ClF3N4O3S3. The van der Waals surface area contributed by atoms with Crippen LogP contribution in [-0.4, -0.2) is 30.0 Å². The van der Waals surface area contributed by atoms with Crippen molar-refractivity contribution in [1.82, 2.24) is 9.97 Å². The minimum Gasteiger partial charge on any atom is -0.382 e.